The molecule has 1 saturated heterocycles. The summed E-state index contributed by atoms with van der Waals surface area (Å²) in [5.41, 5.74) is 2.82. The van der Waals surface area contributed by atoms with Gasteiger partial charge in [0, 0.05) is 43.5 Å². The predicted octanol–water partition coefficient (Wildman–Crippen LogP) is 2.41. The fourth-order valence-electron chi connectivity index (χ4n) is 5.41. The number of aliphatic imine (C=N–C) groups is 1. The number of carbonyl (C=O) groups is 2. The minimum absolute atomic E-state index is 0.0763. The van der Waals surface area contributed by atoms with E-state index in [2.05, 4.69) is 21.1 Å². The Morgan fingerprint density at radius 2 is 1.89 bits per heavy atom. The molecule has 2 saturated carbocycles. The lowest BCUT2D eigenvalue weighted by Crippen LogP contribution is -2.41. The molecule has 4 heterocycles. The van der Waals surface area contributed by atoms with Crippen LogP contribution in [0.5, 0.6) is 0 Å². The molecule has 178 valence electrons. The summed E-state index contributed by atoms with van der Waals surface area (Å²) < 4.78 is 1.84. The molecule has 0 bridgehead atoms. The predicted molar refractivity (Wildman–Crippen MR) is 129 cm³/mol. The number of benzene rings is 1. The maximum absolute atomic E-state index is 13.3. The van der Waals surface area contributed by atoms with Crippen molar-refractivity contribution in [2.24, 2.45) is 23.9 Å². The number of fused-ring (bicyclic) bond motifs is 1. The van der Waals surface area contributed by atoms with Gasteiger partial charge in [-0.15, -0.1) is 0 Å². The summed E-state index contributed by atoms with van der Waals surface area (Å²) in [6.45, 7) is 2.09. The van der Waals surface area contributed by atoms with Gasteiger partial charge in [-0.05, 0) is 50.2 Å². The number of likely N-dealkylation sites (tertiary alicyclic amines) is 1. The highest BCUT2D eigenvalue weighted by atomic mass is 16.2. The molecule has 1 spiro atoms. The molecule has 2 amide bonds. The van der Waals surface area contributed by atoms with Crippen molar-refractivity contribution >= 4 is 28.6 Å². The number of hydrogen-bond donors (Lipinski definition) is 0. The lowest BCUT2D eigenvalue weighted by atomic mass is 10.1. The van der Waals surface area contributed by atoms with Gasteiger partial charge in [0.1, 0.15) is 11.2 Å². The maximum Gasteiger partial charge on any atom is 0.256 e. The Bertz CT molecular complexity index is 1380. The summed E-state index contributed by atoms with van der Waals surface area (Å²) in [7, 11) is 1.92. The lowest BCUT2D eigenvalue weighted by Gasteiger charge is -2.23. The molecule has 1 aromatic carbocycles. The third-order valence-electron chi connectivity index (χ3n) is 7.83. The van der Waals surface area contributed by atoms with Gasteiger partial charge in [0.05, 0.1) is 29.8 Å². The molecule has 2 aliphatic carbocycles. The Morgan fingerprint density at radius 3 is 2.63 bits per heavy atom. The van der Waals surface area contributed by atoms with E-state index in [-0.39, 0.29) is 17.7 Å². The van der Waals surface area contributed by atoms with Crippen molar-refractivity contribution in [3.63, 3.8) is 0 Å². The average Bonchev–Trinajstić information content (AvgIpc) is 3.78. The maximum atomic E-state index is 13.3. The number of hydrogen-bond acceptors (Lipinski definition) is 6. The van der Waals surface area contributed by atoms with E-state index in [1.807, 2.05) is 39.9 Å². The number of amidine groups is 1. The third-order valence-corrected chi connectivity index (χ3v) is 7.83. The second-order valence-corrected chi connectivity index (χ2v) is 10.4. The van der Waals surface area contributed by atoms with Crippen molar-refractivity contribution < 1.29 is 9.59 Å². The average molecular weight is 470 g/mol. The summed E-state index contributed by atoms with van der Waals surface area (Å²) in [6.07, 6.45) is 9.86. The standard InChI is InChI=1S/C26H27N7O2/c1-31-22-5-4-18(10-19(22)11-29-31)20-12-28-21(13-27-20)23-30-26(7-8-26)25(35)33(23)15-16-6-9-32(14-16)24(34)17-2-3-17/h4-5,10-13,16-17H,2-3,6-9,14-15H2,1H3/t16-/m1/s1. The van der Waals surface area contributed by atoms with Crippen molar-refractivity contribution in [3.05, 3.63) is 42.5 Å². The van der Waals surface area contributed by atoms with Crippen LogP contribution in [0.1, 0.15) is 37.8 Å². The molecule has 1 atom stereocenters. The van der Waals surface area contributed by atoms with Gasteiger partial charge < -0.3 is 4.90 Å². The van der Waals surface area contributed by atoms with Gasteiger partial charge in [0.25, 0.3) is 5.91 Å². The highest BCUT2D eigenvalue weighted by molar-refractivity contribution is 6.15. The molecule has 2 aliphatic heterocycles. The Kier molecular flexibility index (Phi) is 4.40. The number of rotatable bonds is 5. The van der Waals surface area contributed by atoms with Crippen LogP contribution in [0.25, 0.3) is 22.2 Å². The zero-order valence-corrected chi connectivity index (χ0v) is 19.7. The molecule has 35 heavy (non-hydrogen) atoms. The van der Waals surface area contributed by atoms with Gasteiger partial charge in [0.2, 0.25) is 5.91 Å². The van der Waals surface area contributed by atoms with E-state index in [0.717, 1.165) is 67.4 Å². The van der Waals surface area contributed by atoms with Crippen LogP contribution in [-0.4, -0.2) is 72.4 Å². The Balaban J connectivity index is 1.12. The largest absolute Gasteiger partial charge is 0.342 e. The monoisotopic (exact) mass is 469 g/mol. The molecule has 9 heteroatoms. The molecule has 0 radical (unpaired) electrons. The van der Waals surface area contributed by atoms with E-state index in [9.17, 15) is 9.59 Å². The molecule has 3 fully saturated rings. The second kappa shape index (κ2) is 7.44. The van der Waals surface area contributed by atoms with Gasteiger partial charge in [-0.2, -0.15) is 5.10 Å². The van der Waals surface area contributed by atoms with Crippen molar-refractivity contribution in [3.8, 4) is 11.3 Å². The van der Waals surface area contributed by atoms with Gasteiger partial charge in [-0.1, -0.05) is 6.07 Å². The third kappa shape index (κ3) is 3.44. The minimum atomic E-state index is -0.594. The van der Waals surface area contributed by atoms with Gasteiger partial charge >= 0.3 is 0 Å². The van der Waals surface area contributed by atoms with E-state index in [0.29, 0.717) is 24.0 Å². The topological polar surface area (TPSA) is 96.6 Å². The van der Waals surface area contributed by atoms with Crippen LogP contribution in [0.2, 0.25) is 0 Å². The molecule has 3 aromatic rings. The zero-order valence-electron chi connectivity index (χ0n) is 19.7. The number of aryl methyl sites for hydroxylation is 1. The van der Waals surface area contributed by atoms with E-state index < -0.39 is 5.54 Å². The number of aromatic nitrogens is 4. The Hall–Kier alpha value is -3.62. The smallest absolute Gasteiger partial charge is 0.256 e. The Morgan fingerprint density at radius 1 is 1.09 bits per heavy atom. The fraction of sp³-hybridized carbons (Fsp3) is 0.462. The van der Waals surface area contributed by atoms with Gasteiger partial charge in [-0.25, -0.2) is 9.98 Å². The first kappa shape index (κ1) is 20.7. The highest BCUT2D eigenvalue weighted by Gasteiger charge is 2.58. The quantitative estimate of drug-likeness (QED) is 0.572. The van der Waals surface area contributed by atoms with Crippen LogP contribution < -0.4 is 0 Å². The first-order valence-corrected chi connectivity index (χ1v) is 12.5. The fourth-order valence-corrected chi connectivity index (χ4v) is 5.41. The summed E-state index contributed by atoms with van der Waals surface area (Å²) >= 11 is 0. The van der Waals surface area contributed by atoms with Gasteiger partial charge in [0.15, 0.2) is 5.84 Å². The lowest BCUT2D eigenvalue weighted by molar-refractivity contribution is -0.131. The summed E-state index contributed by atoms with van der Waals surface area (Å²) in [5.74, 6) is 1.49. The van der Waals surface area contributed by atoms with Crippen molar-refractivity contribution in [2.75, 3.05) is 19.6 Å². The molecule has 2 aromatic heterocycles. The molecule has 9 nitrogen and oxygen atoms in total. The van der Waals surface area contributed by atoms with Crippen molar-refractivity contribution in [1.82, 2.24) is 29.5 Å². The van der Waals surface area contributed by atoms with Crippen LogP contribution in [0.3, 0.4) is 0 Å². The number of nitrogens with zero attached hydrogens (tertiary/aromatic N) is 7. The number of amides is 2. The first-order chi connectivity index (χ1) is 17.0. The SMILES string of the molecule is Cn1ncc2cc(-c3cnc(C4=NC5(CC5)C(=O)N4C[C@@H]4CCN(C(=O)C5CC5)C4)cn3)ccc21. The zero-order chi connectivity index (χ0) is 23.7. The molecular weight excluding hydrogens is 442 g/mol. The van der Waals surface area contributed by atoms with Gasteiger partial charge in [-0.3, -0.25) is 24.2 Å². The van der Waals surface area contributed by atoms with Crippen LogP contribution >= 0.6 is 0 Å². The molecular formula is C26H27N7O2. The molecule has 0 N–H and O–H groups in total. The summed E-state index contributed by atoms with van der Waals surface area (Å²) in [4.78, 5) is 43.7. The van der Waals surface area contributed by atoms with Crippen LogP contribution in [0.4, 0.5) is 0 Å². The van der Waals surface area contributed by atoms with E-state index >= 15 is 0 Å². The summed E-state index contributed by atoms with van der Waals surface area (Å²) in [5, 5.41) is 5.36. The van der Waals surface area contributed by atoms with E-state index in [1.165, 1.54) is 0 Å². The Labute approximate surface area is 202 Å². The normalized spacial score (nSPS) is 22.9. The minimum Gasteiger partial charge on any atom is -0.342 e. The molecule has 4 aliphatic rings. The van der Waals surface area contributed by atoms with Crippen LogP contribution in [-0.2, 0) is 16.6 Å². The van der Waals surface area contributed by atoms with Crippen molar-refractivity contribution in [1.29, 1.82) is 0 Å². The molecule has 0 unspecified atom stereocenters. The van der Waals surface area contributed by atoms with Crippen LogP contribution in [0.15, 0.2) is 41.8 Å². The highest BCUT2D eigenvalue weighted by Crippen LogP contribution is 2.46. The first-order valence-electron chi connectivity index (χ1n) is 12.5. The second-order valence-electron chi connectivity index (χ2n) is 10.4. The number of carbonyl (C=O) groups excluding carboxylic acids is 2. The molecule has 7 rings (SSSR count). The van der Waals surface area contributed by atoms with Crippen LogP contribution in [0, 0.1) is 11.8 Å². The van der Waals surface area contributed by atoms with E-state index in [1.54, 1.807) is 12.4 Å². The summed E-state index contributed by atoms with van der Waals surface area (Å²) in [6, 6.07) is 6.11. The van der Waals surface area contributed by atoms with E-state index in [4.69, 9.17) is 4.99 Å². The van der Waals surface area contributed by atoms with Crippen molar-refractivity contribution in [2.45, 2.75) is 37.6 Å².